The van der Waals surface area contributed by atoms with Crippen molar-refractivity contribution < 1.29 is 9.53 Å². The van der Waals surface area contributed by atoms with Gasteiger partial charge in [0.15, 0.2) is 5.69 Å². The molecule has 1 N–H and O–H groups in total. The number of fused-ring (bicyclic) bond motifs is 3. The van der Waals surface area contributed by atoms with Gasteiger partial charge in [-0.3, -0.25) is 9.48 Å². The van der Waals surface area contributed by atoms with Gasteiger partial charge < -0.3 is 10.1 Å². The molecule has 0 bridgehead atoms. The Kier molecular flexibility index (Phi) is 4.27. The maximum absolute atomic E-state index is 12.4. The van der Waals surface area contributed by atoms with Crippen LogP contribution in [0.25, 0.3) is 11.4 Å². The fraction of sp³-hybridized carbons (Fsp3) is 0.500. The van der Waals surface area contributed by atoms with Crippen molar-refractivity contribution in [2.24, 2.45) is 7.05 Å². The molecule has 0 saturated heterocycles. The molecule has 0 saturated carbocycles. The third kappa shape index (κ3) is 2.78. The summed E-state index contributed by atoms with van der Waals surface area (Å²) in [6.45, 7) is 2.68. The Morgan fingerprint density at radius 1 is 1.43 bits per heavy atom. The van der Waals surface area contributed by atoms with Gasteiger partial charge >= 0.3 is 6.01 Å². The van der Waals surface area contributed by atoms with Gasteiger partial charge in [-0.2, -0.15) is 10.1 Å². The number of nitrogens with one attached hydrogen (secondary N) is 1. The normalized spacial score (nSPS) is 13.0. The SMILES string of the molecule is CCCNC(=O)c1nn(C)c2c1CCCc1cnc(OC)nc1-2. The fourth-order valence-corrected chi connectivity index (χ4v) is 2.94. The zero-order chi connectivity index (χ0) is 16.4. The molecule has 1 aliphatic carbocycles. The maximum Gasteiger partial charge on any atom is 0.316 e. The lowest BCUT2D eigenvalue weighted by Gasteiger charge is -2.08. The predicted octanol–water partition coefficient (Wildman–Crippen LogP) is 1.51. The Bertz CT molecular complexity index is 738. The van der Waals surface area contributed by atoms with E-state index in [1.54, 1.807) is 18.0 Å². The number of aryl methyl sites for hydroxylation is 2. The summed E-state index contributed by atoms with van der Waals surface area (Å²) in [7, 11) is 3.39. The first kappa shape index (κ1) is 15.5. The van der Waals surface area contributed by atoms with E-state index in [0.29, 0.717) is 18.2 Å². The quantitative estimate of drug-likeness (QED) is 0.925. The van der Waals surface area contributed by atoms with Crippen LogP contribution in [0.1, 0.15) is 41.4 Å². The number of hydrogen-bond donors (Lipinski definition) is 1. The van der Waals surface area contributed by atoms with E-state index in [1.165, 1.54) is 0 Å². The number of carbonyl (C=O) groups excluding carboxylic acids is 1. The minimum absolute atomic E-state index is 0.117. The van der Waals surface area contributed by atoms with E-state index in [4.69, 9.17) is 4.74 Å². The highest BCUT2D eigenvalue weighted by Crippen LogP contribution is 2.33. The van der Waals surface area contributed by atoms with Crippen molar-refractivity contribution in [3.05, 3.63) is 23.0 Å². The molecule has 0 unspecified atom stereocenters. The number of ether oxygens (including phenoxy) is 1. The van der Waals surface area contributed by atoms with E-state index < -0.39 is 0 Å². The summed E-state index contributed by atoms with van der Waals surface area (Å²) in [4.78, 5) is 21.1. The molecule has 2 aromatic heterocycles. The summed E-state index contributed by atoms with van der Waals surface area (Å²) in [5.41, 5.74) is 4.23. The van der Waals surface area contributed by atoms with Gasteiger partial charge in [0.25, 0.3) is 5.91 Å². The lowest BCUT2D eigenvalue weighted by molar-refractivity contribution is 0.0947. The van der Waals surface area contributed by atoms with Gasteiger partial charge in [-0.1, -0.05) is 6.92 Å². The van der Waals surface area contributed by atoms with E-state index in [2.05, 4.69) is 20.4 Å². The van der Waals surface area contributed by atoms with E-state index in [-0.39, 0.29) is 5.91 Å². The molecule has 0 aromatic carbocycles. The molecule has 2 aromatic rings. The first-order valence-corrected chi connectivity index (χ1v) is 7.90. The van der Waals surface area contributed by atoms with Gasteiger partial charge in [0.05, 0.1) is 18.5 Å². The number of carbonyl (C=O) groups is 1. The number of aromatic nitrogens is 4. The molecular formula is C16H21N5O2. The minimum Gasteiger partial charge on any atom is -0.467 e. The van der Waals surface area contributed by atoms with Gasteiger partial charge in [0.2, 0.25) is 0 Å². The van der Waals surface area contributed by atoms with Crippen LogP contribution in [-0.4, -0.2) is 39.3 Å². The number of hydrogen-bond acceptors (Lipinski definition) is 5. The van der Waals surface area contributed by atoms with Crippen LogP contribution >= 0.6 is 0 Å². The summed E-state index contributed by atoms with van der Waals surface area (Å²) < 4.78 is 6.90. The molecule has 0 atom stereocenters. The van der Waals surface area contributed by atoms with Gasteiger partial charge in [-0.05, 0) is 31.2 Å². The van der Waals surface area contributed by atoms with Crippen LogP contribution in [0.5, 0.6) is 6.01 Å². The van der Waals surface area contributed by atoms with E-state index in [1.807, 2.05) is 14.0 Å². The maximum atomic E-state index is 12.4. The molecular weight excluding hydrogens is 294 g/mol. The van der Waals surface area contributed by atoms with E-state index in [9.17, 15) is 4.79 Å². The van der Waals surface area contributed by atoms with Crippen molar-refractivity contribution in [2.45, 2.75) is 32.6 Å². The number of rotatable bonds is 4. The Balaban J connectivity index is 2.10. The Morgan fingerprint density at radius 3 is 3.00 bits per heavy atom. The van der Waals surface area contributed by atoms with Gasteiger partial charge in [-0.25, -0.2) is 4.98 Å². The molecule has 1 amide bonds. The average Bonchev–Trinajstić information content (AvgIpc) is 2.77. The first-order valence-electron chi connectivity index (χ1n) is 7.90. The van der Waals surface area contributed by atoms with Crippen LogP contribution in [0.2, 0.25) is 0 Å². The molecule has 0 aliphatic heterocycles. The second-order valence-corrected chi connectivity index (χ2v) is 5.64. The molecule has 0 radical (unpaired) electrons. The molecule has 23 heavy (non-hydrogen) atoms. The lowest BCUT2D eigenvalue weighted by atomic mass is 10.1. The highest BCUT2D eigenvalue weighted by atomic mass is 16.5. The second kappa shape index (κ2) is 6.36. The van der Waals surface area contributed by atoms with Crippen molar-refractivity contribution in [2.75, 3.05) is 13.7 Å². The van der Waals surface area contributed by atoms with Crippen molar-refractivity contribution in [1.82, 2.24) is 25.1 Å². The van der Waals surface area contributed by atoms with Gasteiger partial charge in [0, 0.05) is 25.4 Å². The largest absolute Gasteiger partial charge is 0.467 e. The third-order valence-corrected chi connectivity index (χ3v) is 4.02. The molecule has 7 nitrogen and oxygen atoms in total. The minimum atomic E-state index is -0.117. The standard InChI is InChI=1S/C16H21N5O2/c1-4-8-17-15(22)13-11-7-5-6-10-9-18-16(23-3)19-12(10)14(11)21(2)20-13/h9H,4-8H2,1-3H3,(H,17,22). The van der Waals surface area contributed by atoms with Crippen LogP contribution in [-0.2, 0) is 19.9 Å². The highest BCUT2D eigenvalue weighted by molar-refractivity contribution is 5.95. The third-order valence-electron chi connectivity index (χ3n) is 4.02. The number of nitrogens with zero attached hydrogens (tertiary/aromatic N) is 4. The van der Waals surface area contributed by atoms with Crippen LogP contribution in [0.15, 0.2) is 6.20 Å². The summed E-state index contributed by atoms with van der Waals surface area (Å²) in [6.07, 6.45) is 5.32. The highest BCUT2D eigenvalue weighted by Gasteiger charge is 2.27. The van der Waals surface area contributed by atoms with E-state index in [0.717, 1.165) is 48.2 Å². The molecule has 0 fully saturated rings. The molecule has 2 heterocycles. The van der Waals surface area contributed by atoms with Crippen LogP contribution < -0.4 is 10.1 Å². The van der Waals surface area contributed by atoms with Crippen LogP contribution in [0.3, 0.4) is 0 Å². The van der Waals surface area contributed by atoms with Gasteiger partial charge in [0.1, 0.15) is 0 Å². The zero-order valence-electron chi connectivity index (χ0n) is 13.7. The monoisotopic (exact) mass is 315 g/mol. The summed E-state index contributed by atoms with van der Waals surface area (Å²) in [5.74, 6) is -0.117. The number of amides is 1. The second-order valence-electron chi connectivity index (χ2n) is 5.64. The van der Waals surface area contributed by atoms with Crippen molar-refractivity contribution in [1.29, 1.82) is 0 Å². The Hall–Kier alpha value is -2.44. The Morgan fingerprint density at radius 2 is 2.26 bits per heavy atom. The van der Waals surface area contributed by atoms with Crippen LogP contribution in [0, 0.1) is 0 Å². The van der Waals surface area contributed by atoms with E-state index >= 15 is 0 Å². The lowest BCUT2D eigenvalue weighted by Crippen LogP contribution is -2.25. The predicted molar refractivity (Wildman–Crippen MR) is 85.4 cm³/mol. The topological polar surface area (TPSA) is 81.9 Å². The van der Waals surface area contributed by atoms with Crippen LogP contribution in [0.4, 0.5) is 0 Å². The number of methoxy groups -OCH3 is 1. The molecule has 7 heteroatoms. The molecule has 1 aliphatic rings. The smallest absolute Gasteiger partial charge is 0.316 e. The zero-order valence-corrected chi connectivity index (χ0v) is 13.7. The molecule has 3 rings (SSSR count). The summed E-state index contributed by atoms with van der Waals surface area (Å²) in [6, 6.07) is 0.329. The van der Waals surface area contributed by atoms with Crippen molar-refractivity contribution >= 4 is 5.91 Å². The Labute approximate surface area is 135 Å². The summed E-state index contributed by atoms with van der Waals surface area (Å²) >= 11 is 0. The first-order chi connectivity index (χ1) is 11.2. The molecule has 0 spiro atoms. The average molecular weight is 315 g/mol. The van der Waals surface area contributed by atoms with Crippen molar-refractivity contribution in [3.63, 3.8) is 0 Å². The van der Waals surface area contributed by atoms with Crippen molar-refractivity contribution in [3.8, 4) is 17.4 Å². The van der Waals surface area contributed by atoms with Gasteiger partial charge in [-0.15, -0.1) is 0 Å². The fourth-order valence-electron chi connectivity index (χ4n) is 2.94. The molecule has 122 valence electrons. The summed E-state index contributed by atoms with van der Waals surface area (Å²) in [5, 5.41) is 7.35.